The highest BCUT2D eigenvalue weighted by Gasteiger charge is 2.20. The molecule has 0 aliphatic heterocycles. The van der Waals surface area contributed by atoms with Crippen LogP contribution in [0, 0.1) is 0 Å². The first kappa shape index (κ1) is 13.9. The Labute approximate surface area is 118 Å². The highest BCUT2D eigenvalue weighted by Crippen LogP contribution is 2.26. The lowest BCUT2D eigenvalue weighted by Crippen LogP contribution is -2.14. The van der Waals surface area contributed by atoms with Gasteiger partial charge in [0.25, 0.3) is 0 Å². The summed E-state index contributed by atoms with van der Waals surface area (Å²) in [6, 6.07) is 4.32. The van der Waals surface area contributed by atoms with Crippen molar-refractivity contribution in [3.8, 4) is 0 Å². The minimum Gasteiger partial charge on any atom is -0.353 e. The summed E-state index contributed by atoms with van der Waals surface area (Å²) in [4.78, 5) is 8.63. The minimum atomic E-state index is -0.00515. The average Bonchev–Trinajstić information content (AvgIpc) is 2.85. The Morgan fingerprint density at radius 3 is 2.47 bits per heavy atom. The number of aromatic nitrogens is 3. The van der Waals surface area contributed by atoms with Crippen LogP contribution in [0.2, 0.25) is 0 Å². The third-order valence-electron chi connectivity index (χ3n) is 2.91. The van der Waals surface area contributed by atoms with Crippen molar-refractivity contribution in [3.05, 3.63) is 35.9 Å². The fraction of sp³-hybridized carbons (Fsp3) is 0.500. The van der Waals surface area contributed by atoms with Gasteiger partial charge in [0.1, 0.15) is 5.82 Å². The molecule has 0 aliphatic carbocycles. The molecule has 2 aromatic rings. The summed E-state index contributed by atoms with van der Waals surface area (Å²) in [7, 11) is 0. The Morgan fingerprint density at radius 1 is 1.26 bits per heavy atom. The lowest BCUT2D eigenvalue weighted by atomic mass is 9.96. The third-order valence-corrected chi connectivity index (χ3v) is 3.56. The molecule has 1 atom stereocenters. The van der Waals surface area contributed by atoms with E-state index in [1.54, 1.807) is 0 Å². The molecule has 0 saturated heterocycles. The van der Waals surface area contributed by atoms with Gasteiger partial charge >= 0.3 is 0 Å². The molecule has 0 aliphatic rings. The van der Waals surface area contributed by atoms with Crippen molar-refractivity contribution in [1.82, 2.24) is 14.3 Å². The van der Waals surface area contributed by atoms with E-state index in [1.165, 1.54) is 17.1 Å². The molecule has 1 N–H and O–H groups in total. The van der Waals surface area contributed by atoms with E-state index in [0.29, 0.717) is 0 Å². The Morgan fingerprint density at radius 2 is 1.95 bits per heavy atom. The molecule has 2 heterocycles. The van der Waals surface area contributed by atoms with Gasteiger partial charge < -0.3 is 5.32 Å². The number of anilines is 1. The second kappa shape index (κ2) is 5.65. The predicted octanol–water partition coefficient (Wildman–Crippen LogP) is 3.79. The van der Waals surface area contributed by atoms with Gasteiger partial charge in [-0.25, -0.2) is 4.98 Å². The van der Waals surface area contributed by atoms with Crippen molar-refractivity contribution in [3.63, 3.8) is 0 Å². The lowest BCUT2D eigenvalue weighted by molar-refractivity contribution is 0.554. The molecular formula is C14H20N4S. The Balaban J connectivity index is 2.13. The van der Waals surface area contributed by atoms with Gasteiger partial charge in [0.2, 0.25) is 5.13 Å². The molecule has 0 amide bonds. The number of nitrogens with zero attached hydrogens (tertiary/aromatic N) is 3. The summed E-state index contributed by atoms with van der Waals surface area (Å²) in [6.45, 7) is 8.53. The first-order valence-electron chi connectivity index (χ1n) is 6.51. The number of pyridine rings is 1. The second-order valence-electron chi connectivity index (χ2n) is 5.56. The fourth-order valence-corrected chi connectivity index (χ4v) is 2.56. The van der Waals surface area contributed by atoms with Crippen molar-refractivity contribution < 1.29 is 0 Å². The molecule has 19 heavy (non-hydrogen) atoms. The summed E-state index contributed by atoms with van der Waals surface area (Å²) in [5.41, 5.74) is 1.22. The van der Waals surface area contributed by atoms with Crippen LogP contribution in [-0.2, 0) is 5.41 Å². The van der Waals surface area contributed by atoms with E-state index in [4.69, 9.17) is 0 Å². The van der Waals surface area contributed by atoms with Gasteiger partial charge in [-0.3, -0.25) is 4.98 Å². The van der Waals surface area contributed by atoms with Gasteiger partial charge in [-0.05, 0) is 24.1 Å². The number of hydrogen-bond acceptors (Lipinski definition) is 5. The van der Waals surface area contributed by atoms with Crippen LogP contribution in [0.5, 0.6) is 0 Å². The maximum absolute atomic E-state index is 4.58. The quantitative estimate of drug-likeness (QED) is 0.923. The molecule has 0 saturated carbocycles. The maximum Gasteiger partial charge on any atom is 0.203 e. The molecule has 0 fully saturated rings. The molecule has 5 heteroatoms. The maximum atomic E-state index is 4.58. The van der Waals surface area contributed by atoms with E-state index in [1.807, 2.05) is 24.5 Å². The van der Waals surface area contributed by atoms with Crippen LogP contribution < -0.4 is 5.32 Å². The summed E-state index contributed by atoms with van der Waals surface area (Å²) in [5.74, 6) is 0.893. The molecule has 0 bridgehead atoms. The number of nitrogens with one attached hydrogen (secondary N) is 1. The second-order valence-corrected chi connectivity index (χ2v) is 6.31. The van der Waals surface area contributed by atoms with Crippen molar-refractivity contribution >= 4 is 16.7 Å². The van der Waals surface area contributed by atoms with Gasteiger partial charge in [-0.1, -0.05) is 27.7 Å². The number of rotatable bonds is 4. The van der Waals surface area contributed by atoms with Gasteiger partial charge in [-0.15, -0.1) is 0 Å². The van der Waals surface area contributed by atoms with E-state index < -0.39 is 0 Å². The summed E-state index contributed by atoms with van der Waals surface area (Å²) in [6.07, 6.45) is 4.63. The van der Waals surface area contributed by atoms with Crippen LogP contribution in [0.1, 0.15) is 51.5 Å². The van der Waals surface area contributed by atoms with Crippen LogP contribution in [0.3, 0.4) is 0 Å². The summed E-state index contributed by atoms with van der Waals surface area (Å²) < 4.78 is 4.42. The van der Waals surface area contributed by atoms with Crippen LogP contribution >= 0.6 is 11.5 Å². The smallest absolute Gasteiger partial charge is 0.203 e. The standard InChI is InChI=1S/C14H20N4S/c1-5-11(10-6-8-15-9-7-10)16-13-17-12(18-19-13)14(2,3)4/h6-9,11H,5H2,1-4H3,(H,16,17,18). The topological polar surface area (TPSA) is 50.7 Å². The Kier molecular flexibility index (Phi) is 4.14. The largest absolute Gasteiger partial charge is 0.353 e. The summed E-state index contributed by atoms with van der Waals surface area (Å²) >= 11 is 1.43. The normalized spacial score (nSPS) is 13.3. The van der Waals surface area contributed by atoms with E-state index in [9.17, 15) is 0 Å². The van der Waals surface area contributed by atoms with E-state index in [0.717, 1.165) is 17.4 Å². The Hall–Kier alpha value is -1.49. The fourth-order valence-electron chi connectivity index (χ4n) is 1.75. The zero-order valence-corrected chi connectivity index (χ0v) is 12.7. The Bertz CT molecular complexity index is 516. The van der Waals surface area contributed by atoms with Gasteiger partial charge in [0.05, 0.1) is 6.04 Å². The van der Waals surface area contributed by atoms with Crippen molar-refractivity contribution in [2.24, 2.45) is 0 Å². The van der Waals surface area contributed by atoms with E-state index in [2.05, 4.69) is 47.4 Å². The van der Waals surface area contributed by atoms with Crippen molar-refractivity contribution in [1.29, 1.82) is 0 Å². The summed E-state index contributed by atoms with van der Waals surface area (Å²) in [5, 5.41) is 4.34. The van der Waals surface area contributed by atoms with E-state index in [-0.39, 0.29) is 11.5 Å². The molecule has 4 nitrogen and oxygen atoms in total. The predicted molar refractivity (Wildman–Crippen MR) is 79.5 cm³/mol. The van der Waals surface area contributed by atoms with E-state index >= 15 is 0 Å². The average molecular weight is 276 g/mol. The van der Waals surface area contributed by atoms with Crippen LogP contribution in [0.25, 0.3) is 0 Å². The molecule has 0 radical (unpaired) electrons. The molecule has 102 valence electrons. The molecule has 2 aromatic heterocycles. The van der Waals surface area contributed by atoms with Crippen LogP contribution in [0.15, 0.2) is 24.5 Å². The first-order valence-corrected chi connectivity index (χ1v) is 7.28. The van der Waals surface area contributed by atoms with Crippen molar-refractivity contribution in [2.75, 3.05) is 5.32 Å². The van der Waals surface area contributed by atoms with Gasteiger partial charge in [0.15, 0.2) is 0 Å². The molecule has 0 aromatic carbocycles. The van der Waals surface area contributed by atoms with Crippen molar-refractivity contribution in [2.45, 2.75) is 45.6 Å². The molecular weight excluding hydrogens is 256 g/mol. The zero-order valence-electron chi connectivity index (χ0n) is 11.8. The van der Waals surface area contributed by atoms with Gasteiger partial charge in [-0.2, -0.15) is 4.37 Å². The molecule has 1 unspecified atom stereocenters. The SMILES string of the molecule is CCC(Nc1nc(C(C)(C)C)ns1)c1ccncc1. The van der Waals surface area contributed by atoms with Crippen LogP contribution in [0.4, 0.5) is 5.13 Å². The molecule has 0 spiro atoms. The van der Waals surface area contributed by atoms with Crippen LogP contribution in [-0.4, -0.2) is 14.3 Å². The highest BCUT2D eigenvalue weighted by molar-refractivity contribution is 7.09. The lowest BCUT2D eigenvalue weighted by Gasteiger charge is -2.16. The highest BCUT2D eigenvalue weighted by atomic mass is 32.1. The minimum absolute atomic E-state index is 0.00515. The number of hydrogen-bond donors (Lipinski definition) is 1. The zero-order chi connectivity index (χ0) is 13.9. The van der Waals surface area contributed by atoms with Gasteiger partial charge in [0, 0.05) is 29.3 Å². The first-order chi connectivity index (χ1) is 9.00. The monoisotopic (exact) mass is 276 g/mol. The molecule has 2 rings (SSSR count). The third kappa shape index (κ3) is 3.50.